The van der Waals surface area contributed by atoms with Crippen LogP contribution in [0, 0.1) is 5.92 Å². The smallest absolute Gasteiger partial charge is 0.267 e. The fraction of sp³-hybridized carbons (Fsp3) is 0.800. The Labute approximate surface area is 101 Å². The van der Waals surface area contributed by atoms with Crippen LogP contribution in [0.5, 0.6) is 0 Å². The van der Waals surface area contributed by atoms with Crippen molar-refractivity contribution >= 4 is 22.6 Å². The van der Waals surface area contributed by atoms with Crippen molar-refractivity contribution < 1.29 is 22.0 Å². The summed E-state index contributed by atoms with van der Waals surface area (Å²) in [6.07, 6.45) is 3.81. The molecule has 90 valence electrons. The highest BCUT2D eigenvalue weighted by Gasteiger charge is 2.19. The van der Waals surface area contributed by atoms with Crippen molar-refractivity contribution in [3.05, 3.63) is 0 Å². The van der Waals surface area contributed by atoms with Gasteiger partial charge in [0.05, 0.1) is 6.26 Å². The number of ketones is 1. The van der Waals surface area contributed by atoms with E-state index in [4.69, 9.17) is 5.73 Å². The molecule has 15 heavy (non-hydrogen) atoms. The fourth-order valence-electron chi connectivity index (χ4n) is 1.35. The maximum atomic E-state index is 11.1. The van der Waals surface area contributed by atoms with Gasteiger partial charge in [0.15, 0.2) is 5.75 Å². The van der Waals surface area contributed by atoms with Crippen molar-refractivity contribution in [3.8, 4) is 0 Å². The normalized spacial score (nSPS) is 13.8. The molecule has 5 heteroatoms. The highest BCUT2D eigenvalue weighted by Crippen LogP contribution is 2.11. The van der Waals surface area contributed by atoms with Gasteiger partial charge in [-0.05, 0) is 24.2 Å². The highest BCUT2D eigenvalue weighted by atomic mass is 35.5. The molecule has 0 heterocycles. The fourth-order valence-corrected chi connectivity index (χ4v) is 2.67. The average molecular weight is 254 g/mol. The Kier molecular flexibility index (Phi) is 10.4. The Morgan fingerprint density at radius 3 is 2.27 bits per heavy atom. The molecular weight excluding hydrogens is 234 g/mol. The van der Waals surface area contributed by atoms with E-state index < -0.39 is 0 Å². The monoisotopic (exact) mass is 253 g/mol. The second-order valence-corrected chi connectivity index (χ2v) is 5.86. The van der Waals surface area contributed by atoms with Crippen LogP contribution >= 0.6 is 0 Å². The van der Waals surface area contributed by atoms with Gasteiger partial charge in [0.1, 0.15) is 11.5 Å². The van der Waals surface area contributed by atoms with E-state index in [1.165, 1.54) is 0 Å². The minimum atomic E-state index is -0.244. The molecule has 2 N–H and O–H groups in total. The van der Waals surface area contributed by atoms with Crippen molar-refractivity contribution in [2.45, 2.75) is 26.7 Å². The van der Waals surface area contributed by atoms with Gasteiger partial charge in [-0.15, -0.1) is 0 Å². The van der Waals surface area contributed by atoms with E-state index in [0.29, 0.717) is 5.75 Å². The van der Waals surface area contributed by atoms with Crippen LogP contribution in [0.3, 0.4) is 0 Å². The van der Waals surface area contributed by atoms with Gasteiger partial charge in [-0.1, -0.05) is 6.92 Å². The number of hydrogen-bond acceptors (Lipinski definition) is 2. The molecule has 1 unspecified atom stereocenters. The maximum Gasteiger partial charge on any atom is 0.267 e. The van der Waals surface area contributed by atoms with Gasteiger partial charge in [0.2, 0.25) is 0 Å². The summed E-state index contributed by atoms with van der Waals surface area (Å²) >= 11 is 0. The van der Waals surface area contributed by atoms with Gasteiger partial charge >= 0.3 is 0 Å². The molecule has 3 nitrogen and oxygen atoms in total. The van der Waals surface area contributed by atoms with E-state index in [2.05, 4.69) is 0 Å². The number of rotatable bonds is 7. The molecule has 0 saturated heterocycles. The molecule has 0 aromatic heterocycles. The maximum absolute atomic E-state index is 11.1. The molecule has 0 aromatic carbocycles. The van der Waals surface area contributed by atoms with E-state index in [0.717, 1.165) is 18.6 Å². The summed E-state index contributed by atoms with van der Waals surface area (Å²) in [5.74, 6) is 1.56. The lowest BCUT2D eigenvalue weighted by Crippen LogP contribution is -3.00. The molecule has 0 aliphatic carbocycles. The van der Waals surface area contributed by atoms with Gasteiger partial charge in [0.25, 0.3) is 5.91 Å². The molecule has 0 aliphatic rings. The van der Waals surface area contributed by atoms with Crippen molar-refractivity contribution in [1.29, 1.82) is 0 Å². The quantitative estimate of drug-likeness (QED) is 0.520. The lowest BCUT2D eigenvalue weighted by Gasteiger charge is -2.09. The standard InChI is InChI=1S/C10H19NO2S.ClH/c1-4-9(8(2)12)5-6-14(3)7-10(11)13;/h9H,4-7H2,1-3H3,(H-,11,13);1H/t9-,14?;/m0./s1. The zero-order chi connectivity index (χ0) is 11.1. The molecule has 0 bridgehead atoms. The minimum Gasteiger partial charge on any atom is -1.00 e. The Morgan fingerprint density at radius 2 is 1.93 bits per heavy atom. The third-order valence-electron chi connectivity index (χ3n) is 2.27. The summed E-state index contributed by atoms with van der Waals surface area (Å²) in [4.78, 5) is 21.7. The second kappa shape index (κ2) is 9.04. The van der Waals surface area contributed by atoms with Crippen LogP contribution in [0.25, 0.3) is 0 Å². The third kappa shape index (κ3) is 8.75. The summed E-state index contributed by atoms with van der Waals surface area (Å²) in [7, 11) is 0.0344. The first kappa shape index (κ1) is 17.2. The Balaban J connectivity index is 0. The number of amides is 1. The van der Waals surface area contributed by atoms with Crippen molar-refractivity contribution in [2.75, 3.05) is 17.8 Å². The molecule has 0 rings (SSSR count). The summed E-state index contributed by atoms with van der Waals surface area (Å²) < 4.78 is 0. The van der Waals surface area contributed by atoms with E-state index in [1.54, 1.807) is 6.92 Å². The zero-order valence-corrected chi connectivity index (χ0v) is 11.2. The minimum absolute atomic E-state index is 0. The van der Waals surface area contributed by atoms with Crippen LogP contribution in [0.2, 0.25) is 0 Å². The molecule has 1 amide bonds. The van der Waals surface area contributed by atoms with E-state index in [-0.39, 0.29) is 40.9 Å². The molecule has 0 saturated carbocycles. The number of Topliss-reactive ketones (excluding diaryl/α,β-unsaturated/α-hetero) is 1. The second-order valence-electron chi connectivity index (χ2n) is 3.60. The SMILES string of the molecule is CC[C@@H](CC[S+](C)CC(N)=O)C(C)=O.[Cl-]. The summed E-state index contributed by atoms with van der Waals surface area (Å²) in [6, 6.07) is 0. The lowest BCUT2D eigenvalue weighted by molar-refractivity contribution is -0.120. The third-order valence-corrected chi connectivity index (χ3v) is 3.98. The predicted molar refractivity (Wildman–Crippen MR) is 61.3 cm³/mol. The number of nitrogens with two attached hydrogens (primary N) is 1. The van der Waals surface area contributed by atoms with Gasteiger partial charge < -0.3 is 18.1 Å². The first-order valence-corrected chi connectivity index (χ1v) is 6.82. The first-order valence-electron chi connectivity index (χ1n) is 4.85. The number of carbonyl (C=O) groups excluding carboxylic acids is 2. The number of hydrogen-bond donors (Lipinski definition) is 1. The van der Waals surface area contributed by atoms with Gasteiger partial charge in [0, 0.05) is 12.3 Å². The summed E-state index contributed by atoms with van der Waals surface area (Å²) in [5.41, 5.74) is 5.09. The van der Waals surface area contributed by atoms with Crippen molar-refractivity contribution in [1.82, 2.24) is 0 Å². The molecular formula is C10H20ClNO2S. The lowest BCUT2D eigenvalue weighted by atomic mass is 10.00. The van der Waals surface area contributed by atoms with Gasteiger partial charge in [-0.3, -0.25) is 9.59 Å². The van der Waals surface area contributed by atoms with Crippen LogP contribution < -0.4 is 18.1 Å². The highest BCUT2D eigenvalue weighted by molar-refractivity contribution is 7.96. The molecule has 0 radical (unpaired) electrons. The van der Waals surface area contributed by atoms with Gasteiger partial charge in [-0.25, -0.2) is 0 Å². The molecule has 0 fully saturated rings. The molecule has 0 aliphatic heterocycles. The average Bonchev–Trinajstić information content (AvgIpc) is 2.03. The van der Waals surface area contributed by atoms with Crippen LogP contribution in [-0.4, -0.2) is 29.5 Å². The zero-order valence-electron chi connectivity index (χ0n) is 9.59. The van der Waals surface area contributed by atoms with Crippen LogP contribution in [0.4, 0.5) is 0 Å². The summed E-state index contributed by atoms with van der Waals surface area (Å²) in [5, 5.41) is 0. The Bertz CT molecular complexity index is 212. The largest absolute Gasteiger partial charge is 1.00 e. The molecule has 0 aromatic rings. The van der Waals surface area contributed by atoms with Crippen LogP contribution in [-0.2, 0) is 20.5 Å². The Morgan fingerprint density at radius 1 is 1.40 bits per heavy atom. The van der Waals surface area contributed by atoms with Crippen molar-refractivity contribution in [3.63, 3.8) is 0 Å². The van der Waals surface area contributed by atoms with Gasteiger partial charge in [-0.2, -0.15) is 0 Å². The topological polar surface area (TPSA) is 60.2 Å². The van der Waals surface area contributed by atoms with Crippen LogP contribution in [0.15, 0.2) is 0 Å². The van der Waals surface area contributed by atoms with E-state index >= 15 is 0 Å². The van der Waals surface area contributed by atoms with E-state index in [1.807, 2.05) is 13.2 Å². The summed E-state index contributed by atoms with van der Waals surface area (Å²) in [6.45, 7) is 3.66. The van der Waals surface area contributed by atoms with Crippen LogP contribution in [0.1, 0.15) is 26.7 Å². The Hall–Kier alpha value is -0.220. The number of primary amides is 1. The predicted octanol–water partition coefficient (Wildman–Crippen LogP) is -2.27. The molecule has 2 atom stereocenters. The molecule has 0 spiro atoms. The van der Waals surface area contributed by atoms with E-state index in [9.17, 15) is 9.59 Å². The first-order chi connectivity index (χ1) is 6.47. The number of halogens is 1. The van der Waals surface area contributed by atoms with Crippen molar-refractivity contribution in [2.24, 2.45) is 11.7 Å². The number of carbonyl (C=O) groups is 2.